The minimum Gasteiger partial charge on any atom is -0.451 e. The van der Waals surface area contributed by atoms with E-state index in [1.807, 2.05) is 19.9 Å². The topological polar surface area (TPSA) is 102 Å². The number of nitrogens with one attached hydrogen (secondary N) is 2. The number of amides is 2. The minimum absolute atomic E-state index is 0.383. The molecule has 0 aliphatic carbocycles. The fraction of sp³-hybridized carbons (Fsp3) is 0.400. The number of aryl methyl sites for hydroxylation is 3. The van der Waals surface area contributed by atoms with Crippen molar-refractivity contribution >= 4 is 23.5 Å². The van der Waals surface area contributed by atoms with Crippen LogP contribution in [0.25, 0.3) is 0 Å². The van der Waals surface area contributed by atoms with Gasteiger partial charge in [-0.15, -0.1) is 0 Å². The summed E-state index contributed by atoms with van der Waals surface area (Å²) in [5.74, 6) is -1.54. The molecule has 2 aromatic rings. The SMILES string of the molecule is Cc1cccc(C(=O)N[C@@H](C)C(=O)O[C@@H](C)C(=O)Nc2c(C)nn(C)c2C)c1. The Bertz CT molecular complexity index is 904. The third-order valence-electron chi connectivity index (χ3n) is 4.40. The molecule has 0 spiro atoms. The average Bonchev–Trinajstić information content (AvgIpc) is 2.87. The van der Waals surface area contributed by atoms with Crippen molar-refractivity contribution in [1.82, 2.24) is 15.1 Å². The van der Waals surface area contributed by atoms with Crippen molar-refractivity contribution in [2.24, 2.45) is 7.05 Å². The first-order valence-electron chi connectivity index (χ1n) is 8.99. The summed E-state index contributed by atoms with van der Waals surface area (Å²) >= 11 is 0. The molecule has 150 valence electrons. The highest BCUT2D eigenvalue weighted by atomic mass is 16.5. The van der Waals surface area contributed by atoms with Crippen molar-refractivity contribution in [2.45, 2.75) is 46.8 Å². The molecule has 1 heterocycles. The van der Waals surface area contributed by atoms with Crippen molar-refractivity contribution in [3.63, 3.8) is 0 Å². The minimum atomic E-state index is -1.02. The van der Waals surface area contributed by atoms with Crippen LogP contribution in [-0.2, 0) is 21.4 Å². The van der Waals surface area contributed by atoms with Crippen LogP contribution in [0.4, 0.5) is 5.69 Å². The third-order valence-corrected chi connectivity index (χ3v) is 4.40. The maximum absolute atomic E-state index is 12.4. The van der Waals surface area contributed by atoms with E-state index in [0.717, 1.165) is 11.3 Å². The van der Waals surface area contributed by atoms with Crippen LogP contribution in [-0.4, -0.2) is 39.7 Å². The Morgan fingerprint density at radius 1 is 1.14 bits per heavy atom. The Balaban J connectivity index is 1.93. The van der Waals surface area contributed by atoms with Crippen LogP contribution in [0.5, 0.6) is 0 Å². The van der Waals surface area contributed by atoms with Gasteiger partial charge in [0, 0.05) is 12.6 Å². The zero-order valence-electron chi connectivity index (χ0n) is 17.0. The second-order valence-electron chi connectivity index (χ2n) is 6.80. The smallest absolute Gasteiger partial charge is 0.329 e. The van der Waals surface area contributed by atoms with E-state index in [-0.39, 0.29) is 5.91 Å². The zero-order chi connectivity index (χ0) is 21.0. The van der Waals surface area contributed by atoms with Gasteiger partial charge >= 0.3 is 5.97 Å². The normalized spacial score (nSPS) is 12.8. The van der Waals surface area contributed by atoms with Gasteiger partial charge in [-0.2, -0.15) is 5.10 Å². The molecular weight excluding hydrogens is 360 g/mol. The number of nitrogens with zero attached hydrogens (tertiary/aromatic N) is 2. The summed E-state index contributed by atoms with van der Waals surface area (Å²) in [6, 6.07) is 6.13. The van der Waals surface area contributed by atoms with E-state index >= 15 is 0 Å². The van der Waals surface area contributed by atoms with E-state index in [0.29, 0.717) is 16.9 Å². The van der Waals surface area contributed by atoms with E-state index in [9.17, 15) is 14.4 Å². The highest BCUT2D eigenvalue weighted by Crippen LogP contribution is 2.18. The molecule has 0 saturated carbocycles. The average molecular weight is 386 g/mol. The zero-order valence-corrected chi connectivity index (χ0v) is 17.0. The van der Waals surface area contributed by atoms with Crippen LogP contribution in [0.15, 0.2) is 24.3 Å². The van der Waals surface area contributed by atoms with Gasteiger partial charge in [-0.3, -0.25) is 14.3 Å². The maximum atomic E-state index is 12.4. The van der Waals surface area contributed by atoms with E-state index < -0.39 is 24.0 Å². The van der Waals surface area contributed by atoms with Crippen LogP contribution < -0.4 is 10.6 Å². The Kier molecular flexibility index (Phi) is 6.56. The van der Waals surface area contributed by atoms with E-state index in [1.54, 1.807) is 36.9 Å². The van der Waals surface area contributed by atoms with Crippen LogP contribution in [0.3, 0.4) is 0 Å². The van der Waals surface area contributed by atoms with Crippen LogP contribution in [0, 0.1) is 20.8 Å². The van der Waals surface area contributed by atoms with Gasteiger partial charge in [0.15, 0.2) is 6.10 Å². The van der Waals surface area contributed by atoms with E-state index in [4.69, 9.17) is 4.74 Å². The van der Waals surface area contributed by atoms with Gasteiger partial charge in [-0.25, -0.2) is 4.79 Å². The molecule has 0 aliphatic rings. The fourth-order valence-corrected chi connectivity index (χ4v) is 2.63. The number of benzene rings is 1. The van der Waals surface area contributed by atoms with Crippen molar-refractivity contribution < 1.29 is 19.1 Å². The number of aromatic nitrogens is 2. The summed E-state index contributed by atoms with van der Waals surface area (Å²) < 4.78 is 6.86. The number of anilines is 1. The predicted molar refractivity (Wildman–Crippen MR) is 105 cm³/mol. The molecule has 2 rings (SSSR count). The molecule has 0 aliphatic heterocycles. The van der Waals surface area contributed by atoms with E-state index in [2.05, 4.69) is 15.7 Å². The van der Waals surface area contributed by atoms with Crippen molar-refractivity contribution in [2.75, 3.05) is 5.32 Å². The van der Waals surface area contributed by atoms with Crippen LogP contribution in [0.1, 0.15) is 41.2 Å². The molecule has 8 nitrogen and oxygen atoms in total. The molecule has 1 aromatic heterocycles. The van der Waals surface area contributed by atoms with Gasteiger partial charge in [0.2, 0.25) is 0 Å². The summed E-state index contributed by atoms with van der Waals surface area (Å²) in [5.41, 5.74) is 3.45. The molecule has 1 aromatic carbocycles. The molecule has 8 heteroatoms. The molecule has 2 atom stereocenters. The first-order valence-corrected chi connectivity index (χ1v) is 8.99. The lowest BCUT2D eigenvalue weighted by atomic mass is 10.1. The molecule has 0 radical (unpaired) electrons. The quantitative estimate of drug-likeness (QED) is 0.740. The number of esters is 1. The number of carbonyl (C=O) groups excluding carboxylic acids is 3. The molecular formula is C20H26N4O4. The number of hydrogen-bond acceptors (Lipinski definition) is 5. The summed E-state index contributed by atoms with van der Waals surface area (Å²) in [5, 5.41) is 9.54. The Morgan fingerprint density at radius 3 is 2.39 bits per heavy atom. The first-order chi connectivity index (χ1) is 13.1. The fourth-order valence-electron chi connectivity index (χ4n) is 2.63. The predicted octanol–water partition coefficient (Wildman–Crippen LogP) is 2.03. The molecule has 2 N–H and O–H groups in total. The molecule has 0 unspecified atom stereocenters. The Hall–Kier alpha value is -3.16. The van der Waals surface area contributed by atoms with Gasteiger partial charge in [0.1, 0.15) is 6.04 Å². The highest BCUT2D eigenvalue weighted by Gasteiger charge is 2.25. The lowest BCUT2D eigenvalue weighted by Crippen LogP contribution is -2.42. The monoisotopic (exact) mass is 386 g/mol. The summed E-state index contributed by atoms with van der Waals surface area (Å²) in [6.45, 7) is 8.47. The standard InChI is InChI=1S/C20H26N4O4/c1-11-8-7-9-16(10-11)19(26)21-13(3)20(27)28-15(5)18(25)22-17-12(2)23-24(6)14(17)4/h7-10,13,15H,1-6H3,(H,21,26)(H,22,25)/t13-,15-/m0/s1. The lowest BCUT2D eigenvalue weighted by molar-refractivity contribution is -0.154. The maximum Gasteiger partial charge on any atom is 0.329 e. The van der Waals surface area contributed by atoms with Gasteiger partial charge in [0.25, 0.3) is 11.8 Å². The van der Waals surface area contributed by atoms with E-state index in [1.165, 1.54) is 13.8 Å². The molecule has 28 heavy (non-hydrogen) atoms. The number of hydrogen-bond donors (Lipinski definition) is 2. The summed E-state index contributed by atoms with van der Waals surface area (Å²) in [7, 11) is 1.78. The highest BCUT2D eigenvalue weighted by molar-refractivity contribution is 5.98. The molecule has 0 bridgehead atoms. The van der Waals surface area contributed by atoms with Gasteiger partial charge in [0.05, 0.1) is 17.1 Å². The first kappa shape index (κ1) is 21.1. The second-order valence-corrected chi connectivity index (χ2v) is 6.80. The summed E-state index contributed by atoms with van der Waals surface area (Å²) in [4.78, 5) is 36.8. The second kappa shape index (κ2) is 8.69. The molecule has 2 amide bonds. The number of rotatable bonds is 6. The number of carbonyl (C=O) groups is 3. The van der Waals surface area contributed by atoms with Gasteiger partial charge in [-0.1, -0.05) is 17.7 Å². The Labute approximate surface area is 164 Å². The van der Waals surface area contributed by atoms with Crippen molar-refractivity contribution in [1.29, 1.82) is 0 Å². The summed E-state index contributed by atoms with van der Waals surface area (Å²) in [6.07, 6.45) is -1.02. The largest absolute Gasteiger partial charge is 0.451 e. The molecule has 0 saturated heterocycles. The van der Waals surface area contributed by atoms with Crippen LogP contribution in [0.2, 0.25) is 0 Å². The van der Waals surface area contributed by atoms with Gasteiger partial charge in [-0.05, 0) is 46.8 Å². The Morgan fingerprint density at radius 2 is 1.82 bits per heavy atom. The lowest BCUT2D eigenvalue weighted by Gasteiger charge is -2.18. The number of ether oxygens (including phenoxy) is 1. The molecule has 0 fully saturated rings. The van der Waals surface area contributed by atoms with Crippen LogP contribution >= 0.6 is 0 Å². The van der Waals surface area contributed by atoms with Crippen molar-refractivity contribution in [3.05, 3.63) is 46.8 Å². The third kappa shape index (κ3) is 4.97. The van der Waals surface area contributed by atoms with Gasteiger partial charge < -0.3 is 15.4 Å². The van der Waals surface area contributed by atoms with Crippen molar-refractivity contribution in [3.8, 4) is 0 Å².